The number of carbonyl (C=O) groups is 2. The van der Waals surface area contributed by atoms with Crippen LogP contribution in [-0.2, 0) is 14.3 Å². The standard InChI is InChI=1S/C15H26N2O3/c1-4-20-11(2)10-17-12(3)13(18)16-15(14(17)19)8-6-5-7-9-15/h11-12H,4-10H2,1-3H3,(H,16,18). The van der Waals surface area contributed by atoms with Crippen LogP contribution in [0.25, 0.3) is 0 Å². The number of nitrogens with zero attached hydrogens (tertiary/aromatic N) is 1. The lowest BCUT2D eigenvalue weighted by atomic mass is 9.78. The molecule has 114 valence electrons. The Morgan fingerprint density at radius 3 is 2.60 bits per heavy atom. The van der Waals surface area contributed by atoms with Gasteiger partial charge in [0.15, 0.2) is 0 Å². The Balaban J connectivity index is 2.15. The first-order chi connectivity index (χ1) is 9.50. The second-order valence-corrected chi connectivity index (χ2v) is 6.03. The van der Waals surface area contributed by atoms with Crippen molar-refractivity contribution in [2.45, 2.75) is 70.6 Å². The van der Waals surface area contributed by atoms with E-state index in [-0.39, 0.29) is 17.9 Å². The minimum absolute atomic E-state index is 0.0322. The summed E-state index contributed by atoms with van der Waals surface area (Å²) in [6, 6.07) is -0.405. The van der Waals surface area contributed by atoms with Gasteiger partial charge in [-0.05, 0) is 33.6 Å². The molecule has 20 heavy (non-hydrogen) atoms. The molecule has 2 fully saturated rings. The van der Waals surface area contributed by atoms with Crippen molar-refractivity contribution < 1.29 is 14.3 Å². The summed E-state index contributed by atoms with van der Waals surface area (Å²) < 4.78 is 5.53. The van der Waals surface area contributed by atoms with Crippen molar-refractivity contribution in [3.05, 3.63) is 0 Å². The molecule has 1 aliphatic carbocycles. The predicted octanol–water partition coefficient (Wildman–Crippen LogP) is 1.46. The van der Waals surface area contributed by atoms with Crippen LogP contribution in [0.3, 0.4) is 0 Å². The van der Waals surface area contributed by atoms with Crippen LogP contribution in [0.15, 0.2) is 0 Å². The van der Waals surface area contributed by atoms with Gasteiger partial charge >= 0.3 is 0 Å². The summed E-state index contributed by atoms with van der Waals surface area (Å²) in [6.45, 7) is 6.79. The Morgan fingerprint density at radius 2 is 2.00 bits per heavy atom. The lowest BCUT2D eigenvalue weighted by molar-refractivity contribution is -0.157. The Bertz CT molecular complexity index is 377. The topological polar surface area (TPSA) is 58.6 Å². The first kappa shape index (κ1) is 15.3. The van der Waals surface area contributed by atoms with Gasteiger partial charge in [0.25, 0.3) is 0 Å². The number of rotatable bonds is 4. The zero-order valence-electron chi connectivity index (χ0n) is 12.8. The maximum atomic E-state index is 12.9. The van der Waals surface area contributed by atoms with Gasteiger partial charge in [0.2, 0.25) is 11.8 Å². The highest BCUT2D eigenvalue weighted by Crippen LogP contribution is 2.33. The average molecular weight is 282 g/mol. The third kappa shape index (κ3) is 2.82. The van der Waals surface area contributed by atoms with E-state index >= 15 is 0 Å². The lowest BCUT2D eigenvalue weighted by Crippen LogP contribution is -2.70. The fourth-order valence-electron chi connectivity index (χ4n) is 3.34. The molecule has 5 heteroatoms. The molecule has 1 aliphatic heterocycles. The third-order valence-corrected chi connectivity index (χ3v) is 4.49. The van der Waals surface area contributed by atoms with Gasteiger partial charge < -0.3 is 15.0 Å². The van der Waals surface area contributed by atoms with E-state index in [2.05, 4.69) is 5.32 Å². The largest absolute Gasteiger partial charge is 0.377 e. The van der Waals surface area contributed by atoms with E-state index in [0.29, 0.717) is 13.2 Å². The first-order valence-electron chi connectivity index (χ1n) is 7.75. The second-order valence-electron chi connectivity index (χ2n) is 6.03. The third-order valence-electron chi connectivity index (χ3n) is 4.49. The fraction of sp³-hybridized carbons (Fsp3) is 0.867. The van der Waals surface area contributed by atoms with Crippen LogP contribution in [0.4, 0.5) is 0 Å². The Labute approximate surface area is 121 Å². The second kappa shape index (κ2) is 6.12. The molecule has 0 aromatic rings. The highest BCUT2D eigenvalue weighted by molar-refractivity contribution is 5.99. The van der Waals surface area contributed by atoms with Gasteiger partial charge in [-0.15, -0.1) is 0 Å². The molecule has 2 rings (SSSR count). The van der Waals surface area contributed by atoms with Crippen LogP contribution in [0.1, 0.15) is 52.9 Å². The van der Waals surface area contributed by atoms with E-state index in [4.69, 9.17) is 4.74 Å². The van der Waals surface area contributed by atoms with Gasteiger partial charge in [0.05, 0.1) is 6.10 Å². The summed E-state index contributed by atoms with van der Waals surface area (Å²) in [6.07, 6.45) is 4.66. The van der Waals surface area contributed by atoms with Crippen molar-refractivity contribution in [1.29, 1.82) is 0 Å². The number of hydrogen-bond donors (Lipinski definition) is 1. The lowest BCUT2D eigenvalue weighted by Gasteiger charge is -2.47. The van der Waals surface area contributed by atoms with E-state index in [1.807, 2.05) is 13.8 Å². The van der Waals surface area contributed by atoms with Crippen molar-refractivity contribution in [3.8, 4) is 0 Å². The quantitative estimate of drug-likeness (QED) is 0.849. The summed E-state index contributed by atoms with van der Waals surface area (Å²) >= 11 is 0. The zero-order valence-corrected chi connectivity index (χ0v) is 12.8. The van der Waals surface area contributed by atoms with Crippen molar-refractivity contribution in [1.82, 2.24) is 10.2 Å². The van der Waals surface area contributed by atoms with Gasteiger partial charge in [-0.25, -0.2) is 0 Å². The van der Waals surface area contributed by atoms with Gasteiger partial charge in [0.1, 0.15) is 11.6 Å². The summed E-state index contributed by atoms with van der Waals surface area (Å²) in [5.41, 5.74) is -0.645. The minimum Gasteiger partial charge on any atom is -0.377 e. The number of piperazine rings is 1. The smallest absolute Gasteiger partial charge is 0.249 e. The van der Waals surface area contributed by atoms with E-state index < -0.39 is 11.6 Å². The zero-order chi connectivity index (χ0) is 14.8. The maximum Gasteiger partial charge on any atom is 0.249 e. The molecule has 5 nitrogen and oxygen atoms in total. The Morgan fingerprint density at radius 1 is 1.35 bits per heavy atom. The molecule has 2 atom stereocenters. The molecule has 0 aromatic carbocycles. The van der Waals surface area contributed by atoms with Gasteiger partial charge in [0, 0.05) is 13.2 Å². The molecular formula is C15H26N2O3. The van der Waals surface area contributed by atoms with Crippen LogP contribution in [0, 0.1) is 0 Å². The van der Waals surface area contributed by atoms with Crippen LogP contribution in [0.5, 0.6) is 0 Å². The number of nitrogens with one attached hydrogen (secondary N) is 1. The molecule has 2 unspecified atom stereocenters. The monoisotopic (exact) mass is 282 g/mol. The summed E-state index contributed by atoms with van der Waals surface area (Å²) in [7, 11) is 0. The van der Waals surface area contributed by atoms with E-state index in [1.165, 1.54) is 0 Å². The summed E-state index contributed by atoms with van der Waals surface area (Å²) in [4.78, 5) is 26.8. The highest BCUT2D eigenvalue weighted by Gasteiger charge is 2.49. The molecule has 1 saturated heterocycles. The van der Waals surface area contributed by atoms with Crippen LogP contribution in [-0.4, -0.2) is 47.6 Å². The van der Waals surface area contributed by atoms with Crippen LogP contribution >= 0.6 is 0 Å². The van der Waals surface area contributed by atoms with E-state index in [0.717, 1.165) is 32.1 Å². The van der Waals surface area contributed by atoms with Crippen molar-refractivity contribution in [3.63, 3.8) is 0 Å². The molecule has 0 radical (unpaired) electrons. The van der Waals surface area contributed by atoms with Crippen LogP contribution in [0.2, 0.25) is 0 Å². The number of amides is 2. The number of carbonyl (C=O) groups excluding carboxylic acids is 2. The molecular weight excluding hydrogens is 256 g/mol. The summed E-state index contributed by atoms with van der Waals surface area (Å²) in [5.74, 6) is 0.0473. The molecule has 2 amide bonds. The molecule has 0 aromatic heterocycles. The maximum absolute atomic E-state index is 12.9. The fourth-order valence-corrected chi connectivity index (χ4v) is 3.34. The molecule has 1 heterocycles. The Kier molecular flexibility index (Phi) is 4.68. The van der Waals surface area contributed by atoms with E-state index in [9.17, 15) is 9.59 Å². The first-order valence-corrected chi connectivity index (χ1v) is 7.75. The van der Waals surface area contributed by atoms with Gasteiger partial charge in [-0.2, -0.15) is 0 Å². The number of hydrogen-bond acceptors (Lipinski definition) is 3. The van der Waals surface area contributed by atoms with Gasteiger partial charge in [-0.1, -0.05) is 19.3 Å². The normalized spacial score (nSPS) is 27.6. The van der Waals surface area contributed by atoms with Crippen LogP contribution < -0.4 is 5.32 Å². The summed E-state index contributed by atoms with van der Waals surface area (Å²) in [5, 5.41) is 3.00. The molecule has 1 N–H and O–H groups in total. The predicted molar refractivity (Wildman–Crippen MR) is 76.2 cm³/mol. The van der Waals surface area contributed by atoms with Gasteiger partial charge in [-0.3, -0.25) is 9.59 Å². The molecule has 1 saturated carbocycles. The Hall–Kier alpha value is -1.10. The minimum atomic E-state index is -0.645. The van der Waals surface area contributed by atoms with E-state index in [1.54, 1.807) is 11.8 Å². The van der Waals surface area contributed by atoms with Crippen molar-refractivity contribution in [2.24, 2.45) is 0 Å². The van der Waals surface area contributed by atoms with Crippen molar-refractivity contribution in [2.75, 3.05) is 13.2 Å². The molecule has 2 aliphatic rings. The van der Waals surface area contributed by atoms with Crippen molar-refractivity contribution >= 4 is 11.8 Å². The molecule has 0 bridgehead atoms. The highest BCUT2D eigenvalue weighted by atomic mass is 16.5. The average Bonchev–Trinajstić information content (AvgIpc) is 2.43. The SMILES string of the molecule is CCOC(C)CN1C(=O)C2(CCCCC2)NC(=O)C1C. The molecule has 1 spiro atoms. The number of ether oxygens (including phenoxy) is 1.